The molecule has 2 atom stereocenters. The number of aliphatic hydroxyl groups excluding tert-OH is 1. The number of aryl methyl sites for hydroxylation is 1. The third-order valence-corrected chi connectivity index (χ3v) is 4.90. The molecule has 2 N–H and O–H groups in total. The molecule has 0 aromatic heterocycles. The fraction of sp³-hybridized carbons (Fsp3) is 0.579. The van der Waals surface area contributed by atoms with E-state index in [-0.39, 0.29) is 30.6 Å². The third-order valence-electron chi connectivity index (χ3n) is 4.90. The second kappa shape index (κ2) is 5.62. The predicted octanol–water partition coefficient (Wildman–Crippen LogP) is 3.93. The number of hydrogen-bond acceptors (Lipinski definition) is 3. The van der Waals surface area contributed by atoms with Crippen LogP contribution in [0.1, 0.15) is 63.8 Å². The van der Waals surface area contributed by atoms with E-state index in [1.54, 1.807) is 6.07 Å². The maximum atomic E-state index is 10.7. The zero-order valence-electron chi connectivity index (χ0n) is 18.0. The Kier molecular flexibility index (Phi) is 2.64. The number of aliphatic hydroxyl groups is 1. The SMILES string of the molecule is [2H]C([2H])([2H])C([2H])([2H])Cc1cc(O)c2c(c1)OC(C)(C)[C@@H]1CCC(CO)=C[C@@H]21. The van der Waals surface area contributed by atoms with Gasteiger partial charge in [-0.3, -0.25) is 0 Å². The van der Waals surface area contributed by atoms with E-state index in [1.165, 1.54) is 6.07 Å². The smallest absolute Gasteiger partial charge is 0.127 e. The Morgan fingerprint density at radius 3 is 3.00 bits per heavy atom. The summed E-state index contributed by atoms with van der Waals surface area (Å²) >= 11 is 0. The van der Waals surface area contributed by atoms with Crippen molar-refractivity contribution in [1.82, 2.24) is 0 Å². The number of hydrogen-bond donors (Lipinski definition) is 2. The Morgan fingerprint density at radius 1 is 1.45 bits per heavy atom. The molecule has 0 radical (unpaired) electrons. The maximum Gasteiger partial charge on any atom is 0.127 e. The molecular weight excluding hydrogens is 276 g/mol. The van der Waals surface area contributed by atoms with Crippen molar-refractivity contribution in [3.05, 3.63) is 34.9 Å². The first-order valence-electron chi connectivity index (χ1n) is 10.2. The number of phenols is 1. The average Bonchev–Trinajstić information content (AvgIpc) is 2.51. The number of allylic oxidation sites excluding steroid dienone is 1. The number of phenolic OH excluding ortho intramolecular Hbond substituents is 1. The fourth-order valence-corrected chi connectivity index (χ4v) is 3.82. The molecule has 0 fully saturated rings. The molecule has 1 aromatic carbocycles. The van der Waals surface area contributed by atoms with E-state index in [0.29, 0.717) is 16.9 Å². The zero-order valence-corrected chi connectivity index (χ0v) is 13.0. The van der Waals surface area contributed by atoms with Gasteiger partial charge >= 0.3 is 0 Å². The first-order valence-corrected chi connectivity index (χ1v) is 7.71. The lowest BCUT2D eigenvalue weighted by molar-refractivity contribution is 0.0100. The van der Waals surface area contributed by atoms with Crippen molar-refractivity contribution in [2.75, 3.05) is 6.61 Å². The van der Waals surface area contributed by atoms with Crippen molar-refractivity contribution in [3.63, 3.8) is 0 Å². The number of benzene rings is 1. The Balaban J connectivity index is 2.05. The Hall–Kier alpha value is -1.48. The first-order chi connectivity index (χ1) is 12.4. The minimum Gasteiger partial charge on any atom is -0.507 e. The quantitative estimate of drug-likeness (QED) is 0.832. The number of rotatable bonds is 3. The Labute approximate surface area is 139 Å². The number of ether oxygens (including phenoxy) is 1. The van der Waals surface area contributed by atoms with Crippen LogP contribution in [-0.4, -0.2) is 22.4 Å². The van der Waals surface area contributed by atoms with E-state index in [0.717, 1.165) is 18.4 Å². The van der Waals surface area contributed by atoms with Crippen LogP contribution in [0.15, 0.2) is 23.8 Å². The van der Waals surface area contributed by atoms with Crippen LogP contribution in [0, 0.1) is 5.92 Å². The van der Waals surface area contributed by atoms with Gasteiger partial charge in [-0.05, 0) is 56.4 Å². The second-order valence-electron chi connectivity index (χ2n) is 6.74. The lowest BCUT2D eigenvalue weighted by atomic mass is 9.68. The zero-order chi connectivity index (χ0) is 20.2. The van der Waals surface area contributed by atoms with Crippen LogP contribution < -0.4 is 4.74 Å². The van der Waals surface area contributed by atoms with Crippen molar-refractivity contribution in [3.8, 4) is 11.5 Å². The summed E-state index contributed by atoms with van der Waals surface area (Å²) in [7, 11) is 0. The monoisotopic (exact) mass is 307 g/mol. The molecule has 1 aromatic rings. The lowest BCUT2D eigenvalue weighted by Crippen LogP contribution is -2.45. The molecule has 0 amide bonds. The highest BCUT2D eigenvalue weighted by Crippen LogP contribution is 2.53. The minimum absolute atomic E-state index is 0.0164. The molecule has 120 valence electrons. The summed E-state index contributed by atoms with van der Waals surface area (Å²) in [6.07, 6.45) is 0.872. The van der Waals surface area contributed by atoms with E-state index in [9.17, 15) is 10.2 Å². The van der Waals surface area contributed by atoms with Crippen LogP contribution in [0.5, 0.6) is 11.5 Å². The molecule has 3 rings (SSSR count). The second-order valence-corrected chi connectivity index (χ2v) is 6.74. The third kappa shape index (κ3) is 2.52. The fourth-order valence-electron chi connectivity index (χ4n) is 3.82. The molecule has 0 saturated heterocycles. The summed E-state index contributed by atoms with van der Waals surface area (Å²) < 4.78 is 44.0. The van der Waals surface area contributed by atoms with Crippen molar-refractivity contribution < 1.29 is 21.8 Å². The van der Waals surface area contributed by atoms with Crippen LogP contribution in [-0.2, 0) is 6.42 Å². The molecular formula is C19H26O3. The molecule has 0 bridgehead atoms. The van der Waals surface area contributed by atoms with Gasteiger partial charge in [0.05, 0.1) is 6.61 Å². The summed E-state index contributed by atoms with van der Waals surface area (Å²) in [5.74, 6) is 0.469. The molecule has 22 heavy (non-hydrogen) atoms. The number of fused-ring (bicyclic) bond motifs is 3. The summed E-state index contributed by atoms with van der Waals surface area (Å²) in [6, 6.07) is 3.07. The largest absolute Gasteiger partial charge is 0.507 e. The Morgan fingerprint density at radius 2 is 2.27 bits per heavy atom. The van der Waals surface area contributed by atoms with Gasteiger partial charge < -0.3 is 14.9 Å². The Bertz CT molecular complexity index is 767. The highest BCUT2D eigenvalue weighted by Gasteiger charge is 2.45. The van der Waals surface area contributed by atoms with Crippen LogP contribution in [0.4, 0.5) is 0 Å². The van der Waals surface area contributed by atoms with Crippen LogP contribution in [0.3, 0.4) is 0 Å². The van der Waals surface area contributed by atoms with Gasteiger partial charge in [-0.25, -0.2) is 0 Å². The van der Waals surface area contributed by atoms with E-state index in [1.807, 2.05) is 19.9 Å². The molecule has 2 aliphatic rings. The van der Waals surface area contributed by atoms with Gasteiger partial charge in [0.1, 0.15) is 17.1 Å². The van der Waals surface area contributed by atoms with Crippen molar-refractivity contribution in [2.45, 2.75) is 57.9 Å². The highest BCUT2D eigenvalue weighted by molar-refractivity contribution is 5.54. The van der Waals surface area contributed by atoms with Crippen molar-refractivity contribution in [2.24, 2.45) is 5.92 Å². The summed E-state index contributed by atoms with van der Waals surface area (Å²) in [5.41, 5.74) is 1.44. The molecule has 0 unspecified atom stereocenters. The molecule has 0 saturated carbocycles. The van der Waals surface area contributed by atoms with Gasteiger partial charge in [-0.2, -0.15) is 0 Å². The molecule has 1 heterocycles. The molecule has 1 aliphatic heterocycles. The van der Waals surface area contributed by atoms with Crippen molar-refractivity contribution in [1.29, 1.82) is 0 Å². The van der Waals surface area contributed by atoms with Crippen LogP contribution >= 0.6 is 0 Å². The van der Waals surface area contributed by atoms with Gasteiger partial charge in [0.25, 0.3) is 0 Å². The van der Waals surface area contributed by atoms with E-state index in [4.69, 9.17) is 11.6 Å². The van der Waals surface area contributed by atoms with E-state index < -0.39 is 18.8 Å². The van der Waals surface area contributed by atoms with Gasteiger partial charge in [0.15, 0.2) is 0 Å². The van der Waals surface area contributed by atoms with E-state index in [2.05, 4.69) is 0 Å². The topological polar surface area (TPSA) is 49.7 Å². The molecule has 1 aliphatic carbocycles. The van der Waals surface area contributed by atoms with Gasteiger partial charge in [0.2, 0.25) is 0 Å². The molecule has 0 spiro atoms. The molecule has 3 heteroatoms. The van der Waals surface area contributed by atoms with Gasteiger partial charge in [-0.15, -0.1) is 0 Å². The van der Waals surface area contributed by atoms with Crippen LogP contribution in [0.2, 0.25) is 0 Å². The lowest BCUT2D eigenvalue weighted by Gasteiger charge is -2.46. The molecule has 3 nitrogen and oxygen atoms in total. The van der Waals surface area contributed by atoms with Crippen molar-refractivity contribution >= 4 is 0 Å². The normalized spacial score (nSPS) is 30.3. The van der Waals surface area contributed by atoms with Gasteiger partial charge in [-0.1, -0.05) is 19.3 Å². The summed E-state index contributed by atoms with van der Waals surface area (Å²) in [6.45, 7) is 1.19. The van der Waals surface area contributed by atoms with Crippen LogP contribution in [0.25, 0.3) is 0 Å². The standard InChI is InChI=1S/C19H26O3/c1-4-5-12-9-16(21)18-14-8-13(11-20)6-7-15(14)19(2,3)22-17(18)10-12/h8-10,14-15,20-21H,4-7,11H2,1-3H3/t14-,15-/m1/s1/i1D3,4D2. The summed E-state index contributed by atoms with van der Waals surface area (Å²) in [4.78, 5) is 0. The van der Waals surface area contributed by atoms with Gasteiger partial charge in [0, 0.05) is 24.3 Å². The van der Waals surface area contributed by atoms with E-state index >= 15 is 0 Å². The predicted molar refractivity (Wildman–Crippen MR) is 87.4 cm³/mol. The summed E-state index contributed by atoms with van der Waals surface area (Å²) in [5, 5.41) is 20.2. The maximum absolute atomic E-state index is 10.7. The minimum atomic E-state index is -2.76. The highest BCUT2D eigenvalue weighted by atomic mass is 16.5. The average molecular weight is 307 g/mol. The number of aromatic hydroxyl groups is 1. The first kappa shape index (κ1) is 10.3.